The van der Waals surface area contributed by atoms with Gasteiger partial charge in [0.15, 0.2) is 17.7 Å². The van der Waals surface area contributed by atoms with E-state index < -0.39 is 5.92 Å². The molecule has 2 aromatic heterocycles. The third kappa shape index (κ3) is 3.63. The van der Waals surface area contributed by atoms with E-state index in [1.54, 1.807) is 4.68 Å². The van der Waals surface area contributed by atoms with E-state index in [0.29, 0.717) is 42.0 Å². The predicted octanol–water partition coefficient (Wildman–Crippen LogP) is 3.43. The number of oxime groups is 1. The van der Waals surface area contributed by atoms with E-state index in [9.17, 15) is 13.6 Å². The molecular weight excluding hydrogens is 418 g/mol. The molecule has 1 fully saturated rings. The van der Waals surface area contributed by atoms with Crippen LogP contribution in [0.3, 0.4) is 0 Å². The first-order valence-corrected chi connectivity index (χ1v) is 10.7. The Labute approximate surface area is 182 Å². The van der Waals surface area contributed by atoms with Gasteiger partial charge in [-0.3, -0.25) is 4.79 Å². The first-order chi connectivity index (χ1) is 15.3. The lowest BCUT2D eigenvalue weighted by Crippen LogP contribution is -2.31. The fourth-order valence-electron chi connectivity index (χ4n) is 4.35. The number of halogens is 2. The Morgan fingerprint density at radius 1 is 1.25 bits per heavy atom. The summed E-state index contributed by atoms with van der Waals surface area (Å²) in [7, 11) is 1.91. The molecule has 8 nitrogen and oxygen atoms in total. The largest absolute Gasteiger partial charge is 0.369 e. The maximum atomic E-state index is 13.6. The summed E-state index contributed by atoms with van der Waals surface area (Å²) in [5.74, 6) is -1.44. The number of rotatable bonds is 4. The Morgan fingerprint density at radius 3 is 2.72 bits per heavy atom. The van der Waals surface area contributed by atoms with Crippen molar-refractivity contribution in [3.05, 3.63) is 57.8 Å². The van der Waals surface area contributed by atoms with Gasteiger partial charge < -0.3 is 14.7 Å². The number of aromatic amines is 1. The van der Waals surface area contributed by atoms with E-state index in [1.807, 2.05) is 43.1 Å². The van der Waals surface area contributed by atoms with Gasteiger partial charge in [-0.25, -0.2) is 18.4 Å². The molecule has 1 unspecified atom stereocenters. The summed E-state index contributed by atoms with van der Waals surface area (Å²) >= 11 is 0. The second-order valence-corrected chi connectivity index (χ2v) is 8.49. The van der Waals surface area contributed by atoms with Gasteiger partial charge in [0, 0.05) is 31.9 Å². The Bertz CT molecular complexity index is 1240. The van der Waals surface area contributed by atoms with E-state index in [2.05, 4.69) is 20.2 Å². The van der Waals surface area contributed by atoms with E-state index in [-0.39, 0.29) is 30.7 Å². The first-order valence-electron chi connectivity index (χ1n) is 10.7. The van der Waals surface area contributed by atoms with Crippen molar-refractivity contribution < 1.29 is 13.6 Å². The zero-order valence-electron chi connectivity index (χ0n) is 17.9. The van der Waals surface area contributed by atoms with Crippen molar-refractivity contribution in [2.75, 3.05) is 7.05 Å². The van der Waals surface area contributed by atoms with Crippen LogP contribution in [0.4, 0.5) is 8.78 Å². The normalized spacial score (nSPS) is 21.1. The Balaban J connectivity index is 1.49. The molecule has 0 amide bonds. The topological polar surface area (TPSA) is 88.4 Å². The molecule has 5 rings (SSSR count). The highest BCUT2D eigenvalue weighted by molar-refractivity contribution is 6.00. The third-order valence-corrected chi connectivity index (χ3v) is 6.33. The fraction of sp³-hybridized carbons (Fsp3) is 0.455. The molecule has 10 heteroatoms. The van der Waals surface area contributed by atoms with Gasteiger partial charge in [-0.1, -0.05) is 29.4 Å². The number of H-pyrrole nitrogens is 1. The molecule has 0 bridgehead atoms. The maximum absolute atomic E-state index is 13.6. The van der Waals surface area contributed by atoms with Crippen molar-refractivity contribution in [2.24, 2.45) is 5.16 Å². The molecule has 0 radical (unpaired) electrons. The van der Waals surface area contributed by atoms with Gasteiger partial charge in [0.1, 0.15) is 11.2 Å². The van der Waals surface area contributed by atoms with E-state index in [0.717, 1.165) is 11.1 Å². The summed E-state index contributed by atoms with van der Waals surface area (Å²) in [4.78, 5) is 27.5. The summed E-state index contributed by atoms with van der Waals surface area (Å²) in [5, 5.41) is 8.88. The lowest BCUT2D eigenvalue weighted by Gasteiger charge is -2.28. The van der Waals surface area contributed by atoms with Crippen molar-refractivity contribution in [1.82, 2.24) is 24.6 Å². The Morgan fingerprint density at radius 2 is 2.00 bits per heavy atom. The van der Waals surface area contributed by atoms with Gasteiger partial charge >= 0.3 is 0 Å². The monoisotopic (exact) mass is 442 g/mol. The minimum absolute atomic E-state index is 0.162. The number of hydrogen-bond donors (Lipinski definition) is 1. The molecule has 2 aliphatic rings. The zero-order valence-corrected chi connectivity index (χ0v) is 17.9. The molecule has 1 aliphatic carbocycles. The average molecular weight is 442 g/mol. The highest BCUT2D eigenvalue weighted by Gasteiger charge is 2.36. The minimum Gasteiger partial charge on any atom is -0.369 e. The van der Waals surface area contributed by atoms with Crippen molar-refractivity contribution in [3.8, 4) is 0 Å². The highest BCUT2D eigenvalue weighted by atomic mass is 19.3. The van der Waals surface area contributed by atoms with Gasteiger partial charge in [-0.05, 0) is 25.3 Å². The van der Waals surface area contributed by atoms with Crippen LogP contribution in [0.5, 0.6) is 0 Å². The van der Waals surface area contributed by atoms with Crippen molar-refractivity contribution in [1.29, 1.82) is 0 Å². The second-order valence-electron chi connectivity index (χ2n) is 8.49. The van der Waals surface area contributed by atoms with Crippen molar-refractivity contribution in [3.63, 3.8) is 0 Å². The number of benzene rings is 1. The molecule has 1 aliphatic heterocycles. The van der Waals surface area contributed by atoms with Gasteiger partial charge in [-0.2, -0.15) is 5.10 Å². The molecular formula is C22H24F2N6O2. The van der Waals surface area contributed by atoms with Crippen LogP contribution >= 0.6 is 0 Å². The summed E-state index contributed by atoms with van der Waals surface area (Å²) in [6.45, 7) is 1.91. The molecule has 1 aromatic carbocycles. The van der Waals surface area contributed by atoms with Crippen LogP contribution in [0.25, 0.3) is 11.0 Å². The number of nitrogens with zero attached hydrogens (tertiary/aromatic N) is 5. The van der Waals surface area contributed by atoms with E-state index in [4.69, 9.17) is 4.84 Å². The standard InChI is InChI=1S/C22H24F2N6O2/c1-13-29(2)20(28-32-13)16-6-4-3-5-14(16)11-18-26-19-17(21(31)27-18)12-25-30(19)15-7-9-22(23,24)10-8-15/h3-6,12-13,15H,7-11H2,1-2H3,(H,26,27,31). The molecule has 1 N–H and O–H groups in total. The molecule has 0 saturated heterocycles. The summed E-state index contributed by atoms with van der Waals surface area (Å²) < 4.78 is 28.8. The van der Waals surface area contributed by atoms with E-state index in [1.165, 1.54) is 6.20 Å². The highest BCUT2D eigenvalue weighted by Crippen LogP contribution is 2.38. The molecule has 32 heavy (non-hydrogen) atoms. The van der Waals surface area contributed by atoms with Gasteiger partial charge in [0.25, 0.3) is 5.56 Å². The number of amidine groups is 1. The molecule has 168 valence electrons. The number of aromatic nitrogens is 4. The molecule has 1 saturated carbocycles. The van der Waals surface area contributed by atoms with Gasteiger partial charge in [-0.15, -0.1) is 0 Å². The molecule has 3 heterocycles. The van der Waals surface area contributed by atoms with Crippen LogP contribution in [0.2, 0.25) is 0 Å². The summed E-state index contributed by atoms with van der Waals surface area (Å²) in [5.41, 5.74) is 1.97. The number of fused-ring (bicyclic) bond motifs is 1. The Hall–Kier alpha value is -3.30. The Kier molecular flexibility index (Phi) is 4.94. The summed E-state index contributed by atoms with van der Waals surface area (Å²) in [6, 6.07) is 7.56. The maximum Gasteiger partial charge on any atom is 0.262 e. The average Bonchev–Trinajstić information content (AvgIpc) is 3.33. The van der Waals surface area contributed by atoms with Crippen molar-refractivity contribution >= 4 is 16.9 Å². The van der Waals surface area contributed by atoms with Crippen LogP contribution in [-0.4, -0.2) is 49.7 Å². The van der Waals surface area contributed by atoms with Crippen molar-refractivity contribution in [2.45, 2.75) is 57.2 Å². The number of hydrogen-bond acceptors (Lipinski definition) is 6. The van der Waals surface area contributed by atoms with Crippen LogP contribution < -0.4 is 5.56 Å². The zero-order chi connectivity index (χ0) is 22.5. The first kappa shape index (κ1) is 20.6. The molecule has 1 atom stereocenters. The lowest BCUT2D eigenvalue weighted by atomic mass is 9.92. The minimum atomic E-state index is -2.63. The van der Waals surface area contributed by atoms with Gasteiger partial charge in [0.2, 0.25) is 5.92 Å². The van der Waals surface area contributed by atoms with Crippen LogP contribution in [0, 0.1) is 0 Å². The van der Waals surface area contributed by atoms with Crippen LogP contribution in [0.15, 0.2) is 40.4 Å². The van der Waals surface area contributed by atoms with Crippen LogP contribution in [0.1, 0.15) is 55.6 Å². The quantitative estimate of drug-likeness (QED) is 0.669. The van der Waals surface area contributed by atoms with Crippen LogP contribution in [-0.2, 0) is 11.3 Å². The second kappa shape index (κ2) is 7.68. The van der Waals surface area contributed by atoms with Gasteiger partial charge in [0.05, 0.1) is 12.2 Å². The lowest BCUT2D eigenvalue weighted by molar-refractivity contribution is -0.0446. The SMILES string of the molecule is CC1ON=C(c2ccccc2Cc2nc3c(cnn3C3CCC(F)(F)CC3)c(=O)[nH]2)N1C. The molecule has 3 aromatic rings. The molecule has 0 spiro atoms. The number of alkyl halides is 2. The van der Waals surface area contributed by atoms with E-state index >= 15 is 0 Å². The predicted molar refractivity (Wildman–Crippen MR) is 115 cm³/mol. The fourth-order valence-corrected chi connectivity index (χ4v) is 4.35. The third-order valence-electron chi connectivity index (χ3n) is 6.33. The summed E-state index contributed by atoms with van der Waals surface area (Å²) in [6.07, 6.45) is 1.92. The number of nitrogens with one attached hydrogen (secondary N) is 1. The smallest absolute Gasteiger partial charge is 0.262 e.